The molecule has 204 valence electrons. The van der Waals surface area contributed by atoms with Gasteiger partial charge in [0, 0.05) is 12.1 Å². The lowest BCUT2D eigenvalue weighted by atomic mass is 9.96. The molecule has 2 aromatic heterocycles. The molecular weight excluding hydrogens is 541 g/mol. The van der Waals surface area contributed by atoms with Crippen molar-refractivity contribution in [3.8, 4) is 5.75 Å². The van der Waals surface area contributed by atoms with Crippen molar-refractivity contribution < 1.29 is 28.0 Å². The lowest BCUT2D eigenvalue weighted by molar-refractivity contribution is -0.385. The molecular formula is C28H22FN3O7S. The highest BCUT2D eigenvalue weighted by Gasteiger charge is 2.33. The van der Waals surface area contributed by atoms with Crippen LogP contribution in [-0.4, -0.2) is 22.1 Å². The number of hydrogen-bond donors (Lipinski definition) is 0. The maximum absolute atomic E-state index is 14.0. The Labute approximate surface area is 230 Å². The first-order valence-corrected chi connectivity index (χ1v) is 13.0. The monoisotopic (exact) mass is 563 g/mol. The normalized spacial score (nSPS) is 15.0. The van der Waals surface area contributed by atoms with Gasteiger partial charge < -0.3 is 13.9 Å². The van der Waals surface area contributed by atoms with Crippen LogP contribution >= 0.6 is 11.3 Å². The Balaban J connectivity index is 1.47. The molecule has 0 saturated heterocycles. The molecule has 0 radical (unpaired) electrons. The Bertz CT molecular complexity index is 1820. The van der Waals surface area contributed by atoms with Gasteiger partial charge in [-0.05, 0) is 37.6 Å². The first kappa shape index (κ1) is 26.8. The summed E-state index contributed by atoms with van der Waals surface area (Å²) < 4.78 is 32.2. The van der Waals surface area contributed by atoms with Gasteiger partial charge in [0.1, 0.15) is 18.1 Å². The van der Waals surface area contributed by atoms with E-state index in [4.69, 9.17) is 13.9 Å². The van der Waals surface area contributed by atoms with E-state index < -0.39 is 22.8 Å². The number of nitro groups is 1. The number of rotatable bonds is 8. The molecule has 3 heterocycles. The number of nitrogens with zero attached hydrogens (tertiary/aromatic N) is 3. The molecule has 40 heavy (non-hydrogen) atoms. The van der Waals surface area contributed by atoms with Crippen LogP contribution in [0.25, 0.3) is 6.08 Å². The molecule has 5 rings (SSSR count). The van der Waals surface area contributed by atoms with E-state index in [1.54, 1.807) is 32.1 Å². The molecule has 0 amide bonds. The van der Waals surface area contributed by atoms with Crippen molar-refractivity contribution in [2.24, 2.45) is 4.99 Å². The zero-order chi connectivity index (χ0) is 28.4. The van der Waals surface area contributed by atoms with Crippen LogP contribution in [0.3, 0.4) is 0 Å². The zero-order valence-electron chi connectivity index (χ0n) is 21.3. The molecule has 0 fully saturated rings. The second kappa shape index (κ2) is 11.1. The van der Waals surface area contributed by atoms with Crippen molar-refractivity contribution in [1.82, 2.24) is 4.57 Å². The lowest BCUT2D eigenvalue weighted by Crippen LogP contribution is -2.39. The molecule has 1 atom stereocenters. The van der Waals surface area contributed by atoms with E-state index in [-0.39, 0.29) is 35.8 Å². The second-order valence-electron chi connectivity index (χ2n) is 8.68. The number of halogens is 1. The average molecular weight is 564 g/mol. The molecule has 0 saturated carbocycles. The Hall–Kier alpha value is -4.84. The molecule has 0 spiro atoms. The Morgan fingerprint density at radius 2 is 2.00 bits per heavy atom. The number of nitro benzene ring substituents is 1. The van der Waals surface area contributed by atoms with E-state index in [0.717, 1.165) is 35.1 Å². The predicted octanol–water partition coefficient (Wildman–Crippen LogP) is 4.02. The summed E-state index contributed by atoms with van der Waals surface area (Å²) in [5.41, 5.74) is 0.823. The second-order valence-corrected chi connectivity index (χ2v) is 9.69. The summed E-state index contributed by atoms with van der Waals surface area (Å²) in [6.45, 7) is 3.41. The first-order chi connectivity index (χ1) is 19.3. The van der Waals surface area contributed by atoms with Gasteiger partial charge in [-0.25, -0.2) is 14.2 Å². The number of carbonyl (C=O) groups is 1. The van der Waals surface area contributed by atoms with Gasteiger partial charge in [-0.15, -0.1) is 0 Å². The van der Waals surface area contributed by atoms with Crippen LogP contribution in [0.1, 0.15) is 37.0 Å². The standard InChI is InChI=1S/C28H22FN3O7S/c1-3-37-27(34)24-16(2)30-28-31(25(24)17-7-5-4-6-8-17)26(33)23(40-28)14-19-10-11-20(39-19)15-38-22-13-18(32(35)36)9-12-21(22)29/h4-14,25H,3,15H2,1-2H3/b23-14-/t25-/m0/s1. The SMILES string of the molecule is CCOC(=O)C1=C(C)N=c2s/c(=C\c3ccc(COc4cc([N+](=O)[O-])ccc4F)o3)c(=O)n2[C@H]1c1ccccc1. The fourth-order valence-corrected chi connectivity index (χ4v) is 5.31. The van der Waals surface area contributed by atoms with E-state index in [1.165, 1.54) is 4.57 Å². The highest BCUT2D eigenvalue weighted by atomic mass is 32.1. The number of benzene rings is 2. The van der Waals surface area contributed by atoms with Gasteiger partial charge >= 0.3 is 5.97 Å². The summed E-state index contributed by atoms with van der Waals surface area (Å²) in [6, 6.07) is 14.7. The van der Waals surface area contributed by atoms with Crippen molar-refractivity contribution in [3.63, 3.8) is 0 Å². The Kier molecular flexibility index (Phi) is 7.43. The quantitative estimate of drug-likeness (QED) is 0.180. The number of ether oxygens (including phenoxy) is 2. The third-order valence-corrected chi connectivity index (χ3v) is 7.07. The molecule has 12 heteroatoms. The Morgan fingerprint density at radius 1 is 1.23 bits per heavy atom. The van der Waals surface area contributed by atoms with Crippen LogP contribution in [0, 0.1) is 15.9 Å². The number of furan rings is 1. The molecule has 0 unspecified atom stereocenters. The molecule has 0 N–H and O–H groups in total. The van der Waals surface area contributed by atoms with Crippen LogP contribution in [0.15, 0.2) is 86.1 Å². The molecule has 2 aromatic carbocycles. The van der Waals surface area contributed by atoms with E-state index in [9.17, 15) is 24.1 Å². The number of thiazole rings is 1. The summed E-state index contributed by atoms with van der Waals surface area (Å²) >= 11 is 1.15. The van der Waals surface area contributed by atoms with Gasteiger partial charge in [0.05, 0.1) is 39.4 Å². The van der Waals surface area contributed by atoms with E-state index in [1.807, 2.05) is 30.3 Å². The number of non-ortho nitro benzene ring substituents is 1. The number of fused-ring (bicyclic) bond motifs is 1. The highest BCUT2D eigenvalue weighted by molar-refractivity contribution is 7.07. The minimum absolute atomic E-state index is 0.180. The van der Waals surface area contributed by atoms with Crippen molar-refractivity contribution in [2.45, 2.75) is 26.5 Å². The van der Waals surface area contributed by atoms with E-state index >= 15 is 0 Å². The average Bonchev–Trinajstić information content (AvgIpc) is 3.51. The van der Waals surface area contributed by atoms with Crippen LogP contribution in [0.4, 0.5) is 10.1 Å². The third-order valence-electron chi connectivity index (χ3n) is 6.08. The molecule has 0 aliphatic carbocycles. The van der Waals surface area contributed by atoms with Crippen molar-refractivity contribution in [3.05, 3.63) is 125 Å². The molecule has 1 aliphatic rings. The molecule has 4 aromatic rings. The first-order valence-electron chi connectivity index (χ1n) is 12.2. The van der Waals surface area contributed by atoms with E-state index in [2.05, 4.69) is 4.99 Å². The van der Waals surface area contributed by atoms with Crippen LogP contribution < -0.4 is 19.6 Å². The Morgan fingerprint density at radius 3 is 2.73 bits per heavy atom. The summed E-state index contributed by atoms with van der Waals surface area (Å²) in [5, 5.41) is 11.0. The summed E-state index contributed by atoms with van der Waals surface area (Å²) in [4.78, 5) is 41.8. The largest absolute Gasteiger partial charge is 0.482 e. The predicted molar refractivity (Wildman–Crippen MR) is 143 cm³/mol. The minimum Gasteiger partial charge on any atom is -0.482 e. The number of allylic oxidation sites excluding steroid dienone is 1. The van der Waals surface area contributed by atoms with Gasteiger partial charge in [0.25, 0.3) is 11.2 Å². The van der Waals surface area contributed by atoms with Crippen molar-refractivity contribution in [1.29, 1.82) is 0 Å². The van der Waals surface area contributed by atoms with Gasteiger partial charge in [-0.1, -0.05) is 41.7 Å². The van der Waals surface area contributed by atoms with Gasteiger partial charge in [-0.3, -0.25) is 19.5 Å². The fraction of sp³-hybridized carbons (Fsp3) is 0.179. The number of esters is 1. The number of aromatic nitrogens is 1. The smallest absolute Gasteiger partial charge is 0.338 e. The number of carbonyl (C=O) groups excluding carboxylic acids is 1. The highest BCUT2D eigenvalue weighted by Crippen LogP contribution is 2.30. The minimum atomic E-state index is -0.746. The molecule has 10 nitrogen and oxygen atoms in total. The summed E-state index contributed by atoms with van der Waals surface area (Å²) in [5.74, 6) is -0.922. The van der Waals surface area contributed by atoms with Crippen LogP contribution in [0.5, 0.6) is 5.75 Å². The van der Waals surface area contributed by atoms with Crippen LogP contribution in [0.2, 0.25) is 0 Å². The topological polar surface area (TPSA) is 126 Å². The lowest BCUT2D eigenvalue weighted by Gasteiger charge is -2.24. The maximum Gasteiger partial charge on any atom is 0.338 e. The van der Waals surface area contributed by atoms with Gasteiger partial charge in [-0.2, -0.15) is 0 Å². The molecule has 0 bridgehead atoms. The zero-order valence-corrected chi connectivity index (χ0v) is 22.1. The fourth-order valence-electron chi connectivity index (χ4n) is 4.29. The van der Waals surface area contributed by atoms with E-state index in [0.29, 0.717) is 26.6 Å². The van der Waals surface area contributed by atoms with Gasteiger partial charge in [0.2, 0.25) is 0 Å². The summed E-state index contributed by atoms with van der Waals surface area (Å²) in [7, 11) is 0. The molecule has 1 aliphatic heterocycles. The van der Waals surface area contributed by atoms with Crippen molar-refractivity contribution >= 4 is 29.1 Å². The van der Waals surface area contributed by atoms with Gasteiger partial charge in [0.15, 0.2) is 16.4 Å². The number of hydrogen-bond acceptors (Lipinski definition) is 9. The summed E-state index contributed by atoms with van der Waals surface area (Å²) in [6.07, 6.45) is 1.55. The van der Waals surface area contributed by atoms with Crippen molar-refractivity contribution in [2.75, 3.05) is 6.61 Å². The van der Waals surface area contributed by atoms with Crippen LogP contribution in [-0.2, 0) is 16.1 Å². The third kappa shape index (κ3) is 5.21. The maximum atomic E-state index is 14.0.